The zero-order valence-corrected chi connectivity index (χ0v) is 28.8. The first-order valence-corrected chi connectivity index (χ1v) is 18.8. The molecule has 7 aromatic carbocycles. The van der Waals surface area contributed by atoms with Gasteiger partial charge < -0.3 is 4.57 Å². The van der Waals surface area contributed by atoms with Crippen LogP contribution in [0.5, 0.6) is 0 Å². The van der Waals surface area contributed by atoms with Crippen LogP contribution in [0.1, 0.15) is 0 Å². The van der Waals surface area contributed by atoms with Gasteiger partial charge in [-0.1, -0.05) is 147 Å². The highest BCUT2D eigenvalue weighted by Gasteiger charge is 2.30. The van der Waals surface area contributed by atoms with Crippen molar-refractivity contribution in [3.63, 3.8) is 0 Å². The topological polar surface area (TPSA) is 34.4 Å². The number of hydrogen-bond acceptors (Lipinski definition) is 2. The van der Waals surface area contributed by atoms with Crippen molar-refractivity contribution in [3.8, 4) is 22.3 Å². The SMILES string of the molecule is C=C/C=C(\C=C)P(=O)(c1ccccc1)c1ccc2cc(-c3ccc(-c4ccc5c(c4)c4ccccc4n4c6ccccc6nc54)cc3)ccc2c1. The summed E-state index contributed by atoms with van der Waals surface area (Å²) in [7, 11) is -3.14. The molecule has 4 heteroatoms. The smallest absolute Gasteiger partial charge is 0.171 e. The maximum absolute atomic E-state index is 14.9. The number of benzene rings is 7. The molecule has 2 aromatic heterocycles. The number of para-hydroxylation sites is 3. The van der Waals surface area contributed by atoms with E-state index in [2.05, 4.69) is 133 Å². The van der Waals surface area contributed by atoms with Crippen molar-refractivity contribution in [1.29, 1.82) is 0 Å². The summed E-state index contributed by atoms with van der Waals surface area (Å²) in [6.07, 6.45) is 5.16. The predicted octanol–water partition coefficient (Wildman–Crippen LogP) is 11.9. The van der Waals surface area contributed by atoms with E-state index < -0.39 is 7.14 Å². The van der Waals surface area contributed by atoms with Gasteiger partial charge in [-0.15, -0.1) is 0 Å². The average Bonchev–Trinajstić information content (AvgIpc) is 3.60. The summed E-state index contributed by atoms with van der Waals surface area (Å²) in [5.41, 5.74) is 8.84. The quantitative estimate of drug-likeness (QED) is 0.0959. The molecule has 1 atom stereocenters. The molecule has 0 aliphatic heterocycles. The Labute approximate surface area is 296 Å². The minimum atomic E-state index is -3.14. The fourth-order valence-electron chi connectivity index (χ4n) is 7.46. The van der Waals surface area contributed by atoms with E-state index in [1.165, 1.54) is 10.8 Å². The maximum atomic E-state index is 14.9. The van der Waals surface area contributed by atoms with Crippen LogP contribution in [0.15, 0.2) is 194 Å². The van der Waals surface area contributed by atoms with Gasteiger partial charge >= 0.3 is 0 Å². The first-order valence-electron chi connectivity index (χ1n) is 17.0. The number of aromatic nitrogens is 2. The van der Waals surface area contributed by atoms with Gasteiger partial charge in [0.2, 0.25) is 0 Å². The highest BCUT2D eigenvalue weighted by molar-refractivity contribution is 7.82. The van der Waals surface area contributed by atoms with Crippen LogP contribution >= 0.6 is 7.14 Å². The molecule has 0 saturated carbocycles. The molecule has 0 spiro atoms. The van der Waals surface area contributed by atoms with Gasteiger partial charge in [-0.3, -0.25) is 4.40 Å². The van der Waals surface area contributed by atoms with Crippen LogP contribution in [-0.4, -0.2) is 9.38 Å². The minimum Gasteiger partial charge on any atom is -0.309 e. The zero-order valence-electron chi connectivity index (χ0n) is 27.9. The van der Waals surface area contributed by atoms with E-state index in [-0.39, 0.29) is 0 Å². The van der Waals surface area contributed by atoms with Crippen LogP contribution in [0, 0.1) is 0 Å². The number of imidazole rings is 1. The maximum Gasteiger partial charge on any atom is 0.171 e. The molecule has 0 saturated heterocycles. The van der Waals surface area contributed by atoms with Crippen molar-refractivity contribution in [2.45, 2.75) is 0 Å². The number of fused-ring (bicyclic) bond motifs is 9. The van der Waals surface area contributed by atoms with E-state index in [1.807, 2.05) is 42.5 Å². The Hall–Kier alpha value is -6.28. The molecule has 3 nitrogen and oxygen atoms in total. The summed E-state index contributed by atoms with van der Waals surface area (Å²) in [6, 6.07) is 54.7. The second kappa shape index (κ2) is 12.2. The lowest BCUT2D eigenvalue weighted by Gasteiger charge is -2.21. The van der Waals surface area contributed by atoms with Crippen LogP contribution < -0.4 is 10.6 Å². The Bertz CT molecular complexity index is 2920. The number of rotatable bonds is 7. The van der Waals surface area contributed by atoms with Crippen LogP contribution in [0.2, 0.25) is 0 Å². The second-order valence-electron chi connectivity index (χ2n) is 12.8. The average molecular weight is 673 g/mol. The molecule has 0 radical (unpaired) electrons. The normalized spacial score (nSPS) is 13.2. The van der Waals surface area contributed by atoms with Gasteiger partial charge in [0.15, 0.2) is 7.14 Å². The lowest BCUT2D eigenvalue weighted by atomic mass is 9.96. The summed E-state index contributed by atoms with van der Waals surface area (Å²) in [5, 5.41) is 7.89. The van der Waals surface area contributed by atoms with E-state index in [9.17, 15) is 4.57 Å². The lowest BCUT2D eigenvalue weighted by Crippen LogP contribution is -2.17. The summed E-state index contributed by atoms with van der Waals surface area (Å²) >= 11 is 0. The van der Waals surface area contributed by atoms with Gasteiger partial charge in [0.1, 0.15) is 5.65 Å². The molecular weight excluding hydrogens is 640 g/mol. The van der Waals surface area contributed by atoms with Crippen molar-refractivity contribution >= 4 is 66.9 Å². The molecule has 9 rings (SSSR count). The molecular formula is C47H33N2OP. The lowest BCUT2D eigenvalue weighted by molar-refractivity contribution is 0.591. The molecule has 0 aliphatic rings. The van der Waals surface area contributed by atoms with Gasteiger partial charge in [0.25, 0.3) is 0 Å². The third-order valence-corrected chi connectivity index (χ3v) is 13.1. The molecule has 51 heavy (non-hydrogen) atoms. The van der Waals surface area contributed by atoms with Gasteiger partial charge in [-0.2, -0.15) is 0 Å². The largest absolute Gasteiger partial charge is 0.309 e. The molecule has 2 heterocycles. The Balaban J connectivity index is 1.08. The molecule has 0 aliphatic carbocycles. The fourth-order valence-corrected chi connectivity index (χ4v) is 10.1. The van der Waals surface area contributed by atoms with Crippen LogP contribution in [0.25, 0.3) is 71.4 Å². The van der Waals surface area contributed by atoms with Gasteiger partial charge in [-0.05, 0) is 80.9 Å². The van der Waals surface area contributed by atoms with Gasteiger partial charge in [0, 0.05) is 26.7 Å². The Morgan fingerprint density at radius 1 is 0.549 bits per heavy atom. The van der Waals surface area contributed by atoms with Crippen molar-refractivity contribution < 1.29 is 4.57 Å². The molecule has 0 N–H and O–H groups in total. The van der Waals surface area contributed by atoms with Crippen LogP contribution in [-0.2, 0) is 4.57 Å². The van der Waals surface area contributed by atoms with Crippen molar-refractivity contribution in [1.82, 2.24) is 9.38 Å². The van der Waals surface area contributed by atoms with Crippen molar-refractivity contribution in [3.05, 3.63) is 194 Å². The van der Waals surface area contributed by atoms with E-state index in [4.69, 9.17) is 4.98 Å². The Morgan fingerprint density at radius 3 is 1.94 bits per heavy atom. The minimum absolute atomic E-state index is 0.669. The number of nitrogens with zero attached hydrogens (tertiary/aromatic N) is 2. The number of allylic oxidation sites excluding steroid dienone is 4. The standard InChI is InChI=1S/C47H33N2OP/c1-3-12-38(4-2)51(50,39-13-6-5-7-14-39)40-27-25-35-29-34(23-24-36(35)30-40)32-19-21-33(22-20-32)37-26-28-42-43(31-37)41-15-8-10-17-45(41)49-46-18-11-9-16-44(46)48-47(42)49/h3-31H,1-2H2/b38-12+. The van der Waals surface area contributed by atoms with Crippen molar-refractivity contribution in [2.24, 2.45) is 0 Å². The second-order valence-corrected chi connectivity index (χ2v) is 15.6. The summed E-state index contributed by atoms with van der Waals surface area (Å²) in [6.45, 7) is 7.83. The molecule has 0 fully saturated rings. The molecule has 1 unspecified atom stereocenters. The van der Waals surface area contributed by atoms with E-state index >= 15 is 0 Å². The van der Waals surface area contributed by atoms with Gasteiger partial charge in [0.05, 0.1) is 16.6 Å². The highest BCUT2D eigenvalue weighted by atomic mass is 31.2. The van der Waals surface area contributed by atoms with Crippen molar-refractivity contribution in [2.75, 3.05) is 0 Å². The Kier molecular flexibility index (Phi) is 7.38. The highest BCUT2D eigenvalue weighted by Crippen LogP contribution is 2.52. The third-order valence-electron chi connectivity index (χ3n) is 9.98. The van der Waals surface area contributed by atoms with E-state index in [0.717, 1.165) is 71.2 Å². The van der Waals surface area contributed by atoms with E-state index in [1.54, 1.807) is 18.2 Å². The molecule has 0 bridgehead atoms. The fraction of sp³-hybridized carbons (Fsp3) is 0. The Morgan fingerprint density at radius 2 is 1.18 bits per heavy atom. The molecule has 0 amide bonds. The summed E-state index contributed by atoms with van der Waals surface area (Å²) in [4.78, 5) is 5.05. The number of pyridine rings is 1. The van der Waals surface area contributed by atoms with Crippen LogP contribution in [0.3, 0.4) is 0 Å². The first-order chi connectivity index (χ1) is 25.1. The first kappa shape index (κ1) is 30.8. The monoisotopic (exact) mass is 672 g/mol. The zero-order chi connectivity index (χ0) is 34.5. The molecule has 9 aromatic rings. The predicted molar refractivity (Wildman–Crippen MR) is 218 cm³/mol. The number of hydrogen-bond donors (Lipinski definition) is 0. The van der Waals surface area contributed by atoms with Crippen LogP contribution in [0.4, 0.5) is 0 Å². The molecule has 242 valence electrons. The summed E-state index contributed by atoms with van der Waals surface area (Å²) < 4.78 is 17.1. The summed E-state index contributed by atoms with van der Waals surface area (Å²) in [5.74, 6) is 0. The third kappa shape index (κ3) is 4.97. The van der Waals surface area contributed by atoms with E-state index in [0.29, 0.717) is 5.31 Å². The van der Waals surface area contributed by atoms with Gasteiger partial charge in [-0.25, -0.2) is 4.98 Å².